The fraction of sp³-hybridized carbons (Fsp3) is 0.714. The van der Waals surface area contributed by atoms with Crippen molar-refractivity contribution >= 4 is 23.5 Å². The number of rotatable bonds is 5. The number of nitrogens with two attached hydrogens (primary N) is 1. The molecule has 0 atom stereocenters. The summed E-state index contributed by atoms with van der Waals surface area (Å²) in [5.74, 6) is 0.806. The van der Waals surface area contributed by atoms with Gasteiger partial charge in [0.05, 0.1) is 18.1 Å². The van der Waals surface area contributed by atoms with Gasteiger partial charge in [-0.25, -0.2) is 9.97 Å². The summed E-state index contributed by atoms with van der Waals surface area (Å²) >= 11 is 0. The monoisotopic (exact) mass is 400 g/mol. The first-order valence-corrected chi connectivity index (χ1v) is 10.8. The fourth-order valence-electron chi connectivity index (χ4n) is 5.33. The van der Waals surface area contributed by atoms with E-state index in [9.17, 15) is 9.59 Å². The molecule has 1 saturated heterocycles. The van der Waals surface area contributed by atoms with Crippen molar-refractivity contribution in [1.29, 1.82) is 0 Å². The normalized spacial score (nSPS) is 29.3. The molecular weight excluding hydrogens is 368 g/mol. The van der Waals surface area contributed by atoms with E-state index >= 15 is 0 Å². The van der Waals surface area contributed by atoms with Crippen molar-refractivity contribution in [3.8, 4) is 0 Å². The Labute approximate surface area is 172 Å². The molecule has 1 aliphatic heterocycles. The molecule has 1 spiro atoms. The number of amides is 2. The summed E-state index contributed by atoms with van der Waals surface area (Å²) in [6, 6.07) is 0.498. The van der Waals surface area contributed by atoms with Crippen LogP contribution in [-0.4, -0.2) is 47.0 Å². The molecule has 158 valence electrons. The average Bonchev–Trinajstić information content (AvgIpc) is 2.65. The van der Waals surface area contributed by atoms with E-state index in [1.165, 1.54) is 12.8 Å². The summed E-state index contributed by atoms with van der Waals surface area (Å²) in [7, 11) is 0. The maximum atomic E-state index is 11.3. The van der Waals surface area contributed by atoms with E-state index < -0.39 is 11.8 Å². The van der Waals surface area contributed by atoms with Crippen LogP contribution in [0.15, 0.2) is 12.4 Å². The Hall–Kier alpha value is -2.38. The first-order valence-electron chi connectivity index (χ1n) is 10.8. The van der Waals surface area contributed by atoms with Gasteiger partial charge in [0, 0.05) is 25.2 Å². The molecule has 3 fully saturated rings. The van der Waals surface area contributed by atoms with Crippen LogP contribution in [0, 0.1) is 17.3 Å². The zero-order chi connectivity index (χ0) is 20.6. The zero-order valence-electron chi connectivity index (χ0n) is 17.4. The lowest BCUT2D eigenvalue weighted by Gasteiger charge is -2.58. The van der Waals surface area contributed by atoms with Crippen molar-refractivity contribution in [2.24, 2.45) is 23.0 Å². The van der Waals surface area contributed by atoms with E-state index in [2.05, 4.69) is 39.3 Å². The van der Waals surface area contributed by atoms with Gasteiger partial charge < -0.3 is 21.3 Å². The van der Waals surface area contributed by atoms with Crippen molar-refractivity contribution in [1.82, 2.24) is 15.3 Å². The number of anilines is 2. The number of hydrogen-bond donors (Lipinski definition) is 3. The zero-order valence-corrected chi connectivity index (χ0v) is 17.4. The first-order chi connectivity index (χ1) is 13.8. The summed E-state index contributed by atoms with van der Waals surface area (Å²) < 4.78 is 0. The molecule has 8 nitrogen and oxygen atoms in total. The maximum absolute atomic E-state index is 11.3. The second-order valence-corrected chi connectivity index (χ2v) is 9.53. The molecule has 3 aliphatic rings. The Kier molecular flexibility index (Phi) is 5.36. The average molecular weight is 401 g/mol. The molecule has 0 aromatic carbocycles. The first kappa shape index (κ1) is 19.9. The number of carbonyl (C=O) groups is 2. The molecule has 8 heteroatoms. The van der Waals surface area contributed by atoms with Crippen molar-refractivity contribution in [2.45, 2.75) is 64.5 Å². The van der Waals surface area contributed by atoms with Crippen LogP contribution in [0.25, 0.3) is 0 Å². The minimum absolute atomic E-state index is 0.0819. The number of nitrogens with zero attached hydrogens (tertiary/aromatic N) is 3. The Morgan fingerprint density at radius 3 is 2.24 bits per heavy atom. The topological polar surface area (TPSA) is 113 Å². The van der Waals surface area contributed by atoms with Crippen LogP contribution in [0.1, 0.15) is 52.4 Å². The molecule has 0 bridgehead atoms. The minimum atomic E-state index is -0.910. The molecule has 1 aromatic heterocycles. The van der Waals surface area contributed by atoms with Crippen LogP contribution in [0.5, 0.6) is 0 Å². The van der Waals surface area contributed by atoms with Gasteiger partial charge in [-0.15, -0.1) is 0 Å². The lowest BCUT2D eigenvalue weighted by atomic mass is 9.52. The van der Waals surface area contributed by atoms with E-state index in [1.54, 1.807) is 0 Å². The summed E-state index contributed by atoms with van der Waals surface area (Å²) in [6.45, 7) is 6.69. The number of aromatic nitrogens is 2. The largest absolute Gasteiger partial charge is 0.380 e. The third-order valence-corrected chi connectivity index (χ3v) is 7.05. The lowest BCUT2D eigenvalue weighted by Crippen LogP contribution is -2.60. The Bertz CT molecular complexity index is 743. The fourth-order valence-corrected chi connectivity index (χ4v) is 5.33. The highest BCUT2D eigenvalue weighted by Crippen LogP contribution is 2.56. The van der Waals surface area contributed by atoms with Gasteiger partial charge in [-0.05, 0) is 55.8 Å². The highest BCUT2D eigenvalue weighted by atomic mass is 16.2. The van der Waals surface area contributed by atoms with Gasteiger partial charge in [0.2, 0.25) is 5.95 Å². The third kappa shape index (κ3) is 4.31. The lowest BCUT2D eigenvalue weighted by molar-refractivity contribution is -0.139. The Balaban J connectivity index is 1.20. The molecule has 0 unspecified atom stereocenters. The quantitative estimate of drug-likeness (QED) is 0.648. The molecular formula is C21H32N6O2. The highest BCUT2D eigenvalue weighted by molar-refractivity contribution is 6.34. The van der Waals surface area contributed by atoms with Gasteiger partial charge >= 0.3 is 11.8 Å². The SMILES string of the molecule is CC(C)C1CCN(c2ncc(NC3CC4(CC(NC(=O)C(N)=O)C4)C3)cn2)CC1. The maximum Gasteiger partial charge on any atom is 0.309 e. The predicted molar refractivity (Wildman–Crippen MR) is 111 cm³/mol. The van der Waals surface area contributed by atoms with Crippen molar-refractivity contribution in [3.05, 3.63) is 12.4 Å². The Morgan fingerprint density at radius 2 is 1.69 bits per heavy atom. The summed E-state index contributed by atoms with van der Waals surface area (Å²) in [5, 5.41) is 6.21. The van der Waals surface area contributed by atoms with E-state index in [1.807, 2.05) is 12.4 Å². The molecule has 29 heavy (non-hydrogen) atoms. The highest BCUT2D eigenvalue weighted by Gasteiger charge is 2.53. The van der Waals surface area contributed by atoms with Crippen LogP contribution >= 0.6 is 0 Å². The smallest absolute Gasteiger partial charge is 0.309 e. The second kappa shape index (κ2) is 7.80. The molecule has 4 rings (SSSR count). The van der Waals surface area contributed by atoms with Gasteiger partial charge in [0.1, 0.15) is 0 Å². The molecule has 2 saturated carbocycles. The Morgan fingerprint density at radius 1 is 1.10 bits per heavy atom. The number of carbonyl (C=O) groups excluding carboxylic acids is 2. The predicted octanol–water partition coefficient (Wildman–Crippen LogP) is 1.67. The van der Waals surface area contributed by atoms with Gasteiger partial charge in [-0.3, -0.25) is 9.59 Å². The number of hydrogen-bond acceptors (Lipinski definition) is 6. The van der Waals surface area contributed by atoms with E-state index in [0.717, 1.165) is 62.2 Å². The molecule has 1 aromatic rings. The van der Waals surface area contributed by atoms with Gasteiger partial charge in [-0.2, -0.15) is 0 Å². The van der Waals surface area contributed by atoms with Gasteiger partial charge in [-0.1, -0.05) is 13.8 Å². The van der Waals surface area contributed by atoms with Crippen LogP contribution < -0.4 is 21.3 Å². The summed E-state index contributed by atoms with van der Waals surface area (Å²) in [6.07, 6.45) is 10.2. The summed E-state index contributed by atoms with van der Waals surface area (Å²) in [5.41, 5.74) is 6.25. The second-order valence-electron chi connectivity index (χ2n) is 9.53. The van der Waals surface area contributed by atoms with Crippen LogP contribution in [0.4, 0.5) is 11.6 Å². The van der Waals surface area contributed by atoms with Crippen LogP contribution in [0.3, 0.4) is 0 Å². The standard InChI is InChI=1S/C21H32N6O2/c1-13(2)14-3-5-27(6-4-14)20-23-11-17(12-24-20)25-15-7-21(8-15)9-16(10-21)26-19(29)18(22)28/h11-16,25H,3-10H2,1-2H3,(H2,22,28)(H,26,29). The number of primary amides is 1. The molecule has 2 aliphatic carbocycles. The van der Waals surface area contributed by atoms with E-state index in [-0.39, 0.29) is 6.04 Å². The van der Waals surface area contributed by atoms with Gasteiger partial charge in [0.25, 0.3) is 0 Å². The van der Waals surface area contributed by atoms with Crippen LogP contribution in [0.2, 0.25) is 0 Å². The molecule has 2 amide bonds. The van der Waals surface area contributed by atoms with Crippen LogP contribution in [-0.2, 0) is 9.59 Å². The molecule has 4 N–H and O–H groups in total. The van der Waals surface area contributed by atoms with Crippen molar-refractivity contribution in [3.63, 3.8) is 0 Å². The number of piperidine rings is 1. The third-order valence-electron chi connectivity index (χ3n) is 7.05. The van der Waals surface area contributed by atoms with Gasteiger partial charge in [0.15, 0.2) is 0 Å². The van der Waals surface area contributed by atoms with Crippen molar-refractivity contribution < 1.29 is 9.59 Å². The number of nitrogens with one attached hydrogen (secondary N) is 2. The van der Waals surface area contributed by atoms with E-state index in [4.69, 9.17) is 5.73 Å². The molecule has 0 radical (unpaired) electrons. The molecule has 2 heterocycles. The summed E-state index contributed by atoms with van der Waals surface area (Å²) in [4.78, 5) is 33.6. The van der Waals surface area contributed by atoms with E-state index in [0.29, 0.717) is 11.5 Å². The van der Waals surface area contributed by atoms with Crippen molar-refractivity contribution in [2.75, 3.05) is 23.3 Å². The minimum Gasteiger partial charge on any atom is -0.380 e.